The molecule has 0 spiro atoms. The van der Waals surface area contributed by atoms with Crippen molar-refractivity contribution in [3.05, 3.63) is 93.8 Å². The Labute approximate surface area is 181 Å². The first-order chi connectivity index (χ1) is 15.2. The zero-order valence-corrected chi connectivity index (χ0v) is 16.8. The van der Waals surface area contributed by atoms with Gasteiger partial charge in [0.2, 0.25) is 0 Å². The summed E-state index contributed by atoms with van der Waals surface area (Å²) in [6, 6.07) is 7.61. The summed E-state index contributed by atoms with van der Waals surface area (Å²) in [5, 5.41) is 8.82. The van der Waals surface area contributed by atoms with E-state index in [1.54, 1.807) is 6.07 Å². The van der Waals surface area contributed by atoms with Crippen LogP contribution in [0.5, 0.6) is 0 Å². The van der Waals surface area contributed by atoms with Crippen molar-refractivity contribution in [3.8, 4) is 10.6 Å². The van der Waals surface area contributed by atoms with Crippen molar-refractivity contribution in [1.29, 1.82) is 0 Å². The van der Waals surface area contributed by atoms with Gasteiger partial charge in [-0.15, -0.1) is 10.2 Å². The number of halogens is 4. The maximum Gasteiger partial charge on any atom is 0.265 e. The van der Waals surface area contributed by atoms with Crippen LogP contribution in [0.3, 0.4) is 0 Å². The van der Waals surface area contributed by atoms with Crippen molar-refractivity contribution in [2.75, 3.05) is 0 Å². The van der Waals surface area contributed by atoms with Gasteiger partial charge in [-0.25, -0.2) is 17.6 Å². The number of carbonyl (C=O) groups excluding carboxylic acids is 2. The van der Waals surface area contributed by atoms with Gasteiger partial charge in [-0.2, -0.15) is 0 Å². The molecule has 0 aliphatic rings. The minimum atomic E-state index is -1.37. The fraction of sp³-hybridized carbons (Fsp3) is 0.0476. The maximum atomic E-state index is 14.0. The van der Waals surface area contributed by atoms with E-state index in [0.717, 1.165) is 17.4 Å². The minimum Gasteiger partial charge on any atom is -0.364 e. The smallest absolute Gasteiger partial charge is 0.265 e. The Bertz CT molecular complexity index is 1340. The number of carbonyl (C=O) groups is 2. The molecule has 4 aromatic rings. The number of benzene rings is 2. The summed E-state index contributed by atoms with van der Waals surface area (Å²) >= 11 is 1.12. The highest BCUT2D eigenvalue weighted by Crippen LogP contribution is 2.26. The van der Waals surface area contributed by atoms with Gasteiger partial charge in [0.25, 0.3) is 5.91 Å². The number of hydrogen-bond donors (Lipinski definition) is 1. The Hall–Kier alpha value is -3.86. The first-order valence-electron chi connectivity index (χ1n) is 9.00. The third-order valence-corrected chi connectivity index (χ3v) is 5.45. The van der Waals surface area contributed by atoms with Crippen molar-refractivity contribution in [3.63, 3.8) is 0 Å². The fourth-order valence-electron chi connectivity index (χ4n) is 3.08. The largest absolute Gasteiger partial charge is 0.364 e. The molecule has 11 heteroatoms. The second kappa shape index (κ2) is 8.35. The van der Waals surface area contributed by atoms with E-state index in [4.69, 9.17) is 5.73 Å². The van der Waals surface area contributed by atoms with Crippen LogP contribution in [-0.2, 0) is 6.54 Å². The number of primary amides is 1. The molecule has 0 bridgehead atoms. The van der Waals surface area contributed by atoms with E-state index in [1.807, 2.05) is 0 Å². The van der Waals surface area contributed by atoms with Gasteiger partial charge in [-0.05, 0) is 18.2 Å². The molecule has 2 N–H and O–H groups in total. The Morgan fingerprint density at radius 2 is 1.69 bits per heavy atom. The lowest BCUT2D eigenvalue weighted by Crippen LogP contribution is -2.16. The third-order valence-electron chi connectivity index (χ3n) is 4.49. The first kappa shape index (κ1) is 21.4. The number of amides is 1. The van der Waals surface area contributed by atoms with Crippen LogP contribution in [0.1, 0.15) is 31.4 Å². The molecule has 0 radical (unpaired) electrons. The molecule has 0 atom stereocenters. The molecule has 0 saturated heterocycles. The normalized spacial score (nSPS) is 11.0. The SMILES string of the molecule is NC(=O)c1cc(C(=O)c2c(F)cc(F)cc2F)cn1Cc1nnc(-c2cccc(F)c2)s1. The van der Waals surface area contributed by atoms with Gasteiger partial charge in [0.15, 0.2) is 5.78 Å². The molecule has 2 aromatic carbocycles. The van der Waals surface area contributed by atoms with Crippen LogP contribution < -0.4 is 5.73 Å². The molecule has 162 valence electrons. The highest BCUT2D eigenvalue weighted by Gasteiger charge is 2.24. The van der Waals surface area contributed by atoms with Crippen LogP contribution in [0.25, 0.3) is 10.6 Å². The quantitative estimate of drug-likeness (QED) is 0.349. The van der Waals surface area contributed by atoms with Crippen LogP contribution in [0.4, 0.5) is 17.6 Å². The van der Waals surface area contributed by atoms with Gasteiger partial charge in [0, 0.05) is 29.5 Å². The summed E-state index contributed by atoms with van der Waals surface area (Å²) in [5.41, 5.74) is 4.59. The highest BCUT2D eigenvalue weighted by atomic mass is 32.1. The van der Waals surface area contributed by atoms with E-state index in [2.05, 4.69) is 10.2 Å². The third kappa shape index (κ3) is 4.14. The fourth-order valence-corrected chi connectivity index (χ4v) is 3.91. The lowest BCUT2D eigenvalue weighted by atomic mass is 10.0. The summed E-state index contributed by atoms with van der Waals surface area (Å²) in [5.74, 6) is -6.33. The maximum absolute atomic E-state index is 14.0. The number of nitrogens with zero attached hydrogens (tertiary/aromatic N) is 3. The first-order valence-corrected chi connectivity index (χ1v) is 9.82. The second-order valence-electron chi connectivity index (χ2n) is 6.69. The van der Waals surface area contributed by atoms with Crippen LogP contribution in [0.2, 0.25) is 0 Å². The van der Waals surface area contributed by atoms with E-state index >= 15 is 0 Å². The van der Waals surface area contributed by atoms with Crippen molar-refractivity contribution in [1.82, 2.24) is 14.8 Å². The number of rotatable bonds is 6. The molecule has 6 nitrogen and oxygen atoms in total. The molecule has 0 fully saturated rings. The Balaban J connectivity index is 1.66. The molecule has 4 rings (SSSR count). The van der Waals surface area contributed by atoms with Gasteiger partial charge < -0.3 is 10.3 Å². The molecular formula is C21H12F4N4O2S. The second-order valence-corrected chi connectivity index (χ2v) is 7.75. The standard InChI is InChI=1S/C21H12F4N4O2S/c22-12-3-1-2-10(4-12)21-28-27-17(32-21)9-29-8-11(5-16(29)20(26)31)19(30)18-14(24)6-13(23)7-15(18)25/h1-8H,9H2,(H2,26,31). The Kier molecular flexibility index (Phi) is 5.57. The van der Waals surface area contributed by atoms with E-state index in [-0.39, 0.29) is 17.8 Å². The molecule has 0 saturated carbocycles. The van der Waals surface area contributed by atoms with Gasteiger partial charge >= 0.3 is 0 Å². The lowest BCUT2D eigenvalue weighted by Gasteiger charge is -2.04. The topological polar surface area (TPSA) is 90.9 Å². The van der Waals surface area contributed by atoms with Crippen LogP contribution >= 0.6 is 11.3 Å². The molecule has 0 aliphatic carbocycles. The zero-order chi connectivity index (χ0) is 23.0. The molecule has 0 aliphatic heterocycles. The van der Waals surface area contributed by atoms with Crippen molar-refractivity contribution in [2.45, 2.75) is 6.54 Å². The lowest BCUT2D eigenvalue weighted by molar-refractivity contribution is 0.0991. The van der Waals surface area contributed by atoms with Crippen molar-refractivity contribution in [2.24, 2.45) is 5.73 Å². The van der Waals surface area contributed by atoms with Crippen LogP contribution in [0, 0.1) is 23.3 Å². The predicted molar refractivity (Wildman–Crippen MR) is 107 cm³/mol. The summed E-state index contributed by atoms with van der Waals surface area (Å²) < 4.78 is 55.9. The average Bonchev–Trinajstić information content (AvgIpc) is 3.35. The summed E-state index contributed by atoms with van der Waals surface area (Å²) in [4.78, 5) is 24.5. The molecule has 0 unspecified atom stereocenters. The zero-order valence-electron chi connectivity index (χ0n) is 16.0. The molecule has 1 amide bonds. The molecular weight excluding hydrogens is 448 g/mol. The predicted octanol–water partition coefficient (Wildman–Crippen LogP) is 3.94. The summed E-state index contributed by atoms with van der Waals surface area (Å²) in [6.07, 6.45) is 1.19. The van der Waals surface area contributed by atoms with Crippen LogP contribution in [-0.4, -0.2) is 26.5 Å². The van der Waals surface area contributed by atoms with E-state index < -0.39 is 40.5 Å². The van der Waals surface area contributed by atoms with Gasteiger partial charge in [-0.3, -0.25) is 9.59 Å². The van der Waals surface area contributed by atoms with E-state index in [0.29, 0.717) is 27.7 Å². The average molecular weight is 460 g/mol. The molecule has 32 heavy (non-hydrogen) atoms. The molecule has 2 aromatic heterocycles. The minimum absolute atomic E-state index is 0.0348. The summed E-state index contributed by atoms with van der Waals surface area (Å²) in [6.45, 7) is -0.0348. The number of hydrogen-bond acceptors (Lipinski definition) is 5. The summed E-state index contributed by atoms with van der Waals surface area (Å²) in [7, 11) is 0. The van der Waals surface area contributed by atoms with Crippen LogP contribution in [0.15, 0.2) is 48.7 Å². The van der Waals surface area contributed by atoms with Crippen molar-refractivity contribution >= 4 is 23.0 Å². The molecule has 2 heterocycles. The Morgan fingerprint density at radius 3 is 2.34 bits per heavy atom. The monoisotopic (exact) mass is 460 g/mol. The number of aromatic nitrogens is 3. The number of nitrogens with two attached hydrogens (primary N) is 1. The highest BCUT2D eigenvalue weighted by molar-refractivity contribution is 7.14. The Morgan fingerprint density at radius 1 is 0.969 bits per heavy atom. The van der Waals surface area contributed by atoms with Crippen molar-refractivity contribution < 1.29 is 27.2 Å². The van der Waals surface area contributed by atoms with Gasteiger partial charge in [0.1, 0.15) is 39.0 Å². The number of ketones is 1. The van der Waals surface area contributed by atoms with E-state index in [9.17, 15) is 27.2 Å². The van der Waals surface area contributed by atoms with Gasteiger partial charge in [-0.1, -0.05) is 23.5 Å². The van der Waals surface area contributed by atoms with E-state index in [1.165, 1.54) is 29.0 Å². The van der Waals surface area contributed by atoms with Gasteiger partial charge in [0.05, 0.1) is 12.1 Å².